The van der Waals surface area contributed by atoms with Gasteiger partial charge >= 0.3 is 6.03 Å². The Bertz CT molecular complexity index is 525. The quantitative estimate of drug-likeness (QED) is 0.895. The molecule has 0 aromatic carbocycles. The zero-order valence-corrected chi connectivity index (χ0v) is 14.1. The molecule has 1 aliphatic rings. The Morgan fingerprint density at radius 3 is 2.48 bits per heavy atom. The lowest BCUT2D eigenvalue weighted by Crippen LogP contribution is -2.46. The molecule has 126 valence electrons. The van der Waals surface area contributed by atoms with Crippen molar-refractivity contribution in [3.8, 4) is 0 Å². The van der Waals surface area contributed by atoms with Crippen LogP contribution in [0.1, 0.15) is 33.6 Å². The van der Waals surface area contributed by atoms with Crippen LogP contribution >= 0.6 is 0 Å². The van der Waals surface area contributed by atoms with E-state index < -0.39 is 0 Å². The first-order valence-corrected chi connectivity index (χ1v) is 8.24. The van der Waals surface area contributed by atoms with Gasteiger partial charge in [-0.25, -0.2) is 9.78 Å². The number of anilines is 1. The fourth-order valence-electron chi connectivity index (χ4n) is 2.48. The number of rotatable bonds is 4. The molecule has 6 heteroatoms. The summed E-state index contributed by atoms with van der Waals surface area (Å²) in [7, 11) is 0. The van der Waals surface area contributed by atoms with Gasteiger partial charge in [0.2, 0.25) is 5.91 Å². The van der Waals surface area contributed by atoms with Crippen molar-refractivity contribution in [3.05, 3.63) is 24.4 Å². The van der Waals surface area contributed by atoms with E-state index in [2.05, 4.69) is 29.5 Å². The van der Waals surface area contributed by atoms with Crippen molar-refractivity contribution < 1.29 is 9.59 Å². The van der Waals surface area contributed by atoms with Crippen LogP contribution in [0.15, 0.2) is 24.4 Å². The summed E-state index contributed by atoms with van der Waals surface area (Å²) in [6.07, 6.45) is 3.04. The number of piperidine rings is 1. The van der Waals surface area contributed by atoms with Gasteiger partial charge in [-0.15, -0.1) is 0 Å². The van der Waals surface area contributed by atoms with Gasteiger partial charge < -0.3 is 10.2 Å². The maximum absolute atomic E-state index is 12.2. The Hall–Kier alpha value is -2.11. The van der Waals surface area contributed by atoms with Crippen molar-refractivity contribution >= 4 is 17.8 Å². The van der Waals surface area contributed by atoms with Gasteiger partial charge in [0.25, 0.3) is 0 Å². The zero-order chi connectivity index (χ0) is 16.8. The second-order valence-electron chi connectivity index (χ2n) is 6.45. The van der Waals surface area contributed by atoms with E-state index in [-0.39, 0.29) is 23.9 Å². The topological polar surface area (TPSA) is 74.3 Å². The highest BCUT2D eigenvalue weighted by Gasteiger charge is 2.28. The van der Waals surface area contributed by atoms with E-state index in [9.17, 15) is 9.59 Å². The Morgan fingerprint density at radius 2 is 1.91 bits per heavy atom. The molecule has 0 aliphatic carbocycles. The van der Waals surface area contributed by atoms with Gasteiger partial charge in [0, 0.05) is 31.2 Å². The van der Waals surface area contributed by atoms with Gasteiger partial charge in [0.15, 0.2) is 0 Å². The van der Waals surface area contributed by atoms with Gasteiger partial charge in [-0.3, -0.25) is 10.1 Å². The smallest absolute Gasteiger partial charge is 0.323 e. The number of carbonyl (C=O) groups is 2. The molecule has 2 rings (SSSR count). The van der Waals surface area contributed by atoms with Gasteiger partial charge in [-0.1, -0.05) is 19.9 Å². The number of nitrogens with one attached hydrogen (secondary N) is 2. The van der Waals surface area contributed by atoms with E-state index in [1.54, 1.807) is 23.2 Å². The van der Waals surface area contributed by atoms with Crippen LogP contribution in [0, 0.1) is 11.8 Å². The first-order valence-electron chi connectivity index (χ1n) is 8.24. The predicted octanol–water partition coefficient (Wildman–Crippen LogP) is 2.49. The molecule has 23 heavy (non-hydrogen) atoms. The third-order valence-corrected chi connectivity index (χ3v) is 4.42. The lowest BCUT2D eigenvalue weighted by molar-refractivity contribution is -0.127. The number of urea groups is 1. The molecule has 6 nitrogen and oxygen atoms in total. The molecule has 1 saturated heterocycles. The number of hydrogen-bond donors (Lipinski definition) is 2. The monoisotopic (exact) mass is 318 g/mol. The molecule has 1 fully saturated rings. The SMILES string of the molecule is CC(C)[C@H](C)NC(=O)C1CCN(C(=O)Nc2ccccn2)CC1. The molecule has 1 aromatic rings. The van der Waals surface area contributed by atoms with E-state index in [1.165, 1.54) is 0 Å². The maximum atomic E-state index is 12.2. The Balaban J connectivity index is 1.79. The molecule has 0 bridgehead atoms. The van der Waals surface area contributed by atoms with Gasteiger partial charge in [0.05, 0.1) is 0 Å². The first kappa shape index (κ1) is 17.2. The van der Waals surface area contributed by atoms with Crippen LogP contribution in [0.2, 0.25) is 0 Å². The minimum absolute atomic E-state index is 0.00454. The highest BCUT2D eigenvalue weighted by atomic mass is 16.2. The number of aromatic nitrogens is 1. The molecule has 2 N–H and O–H groups in total. The van der Waals surface area contributed by atoms with Crippen molar-refractivity contribution in [2.24, 2.45) is 11.8 Å². The van der Waals surface area contributed by atoms with Gasteiger partial charge in [-0.05, 0) is 37.8 Å². The van der Waals surface area contributed by atoms with Crippen LogP contribution in [0.5, 0.6) is 0 Å². The molecule has 0 saturated carbocycles. The number of carbonyl (C=O) groups excluding carboxylic acids is 2. The number of pyridine rings is 1. The molecule has 0 spiro atoms. The van der Waals surface area contributed by atoms with Crippen molar-refractivity contribution in [2.75, 3.05) is 18.4 Å². The summed E-state index contributed by atoms with van der Waals surface area (Å²) in [6, 6.07) is 5.41. The lowest BCUT2D eigenvalue weighted by Gasteiger charge is -2.32. The van der Waals surface area contributed by atoms with E-state index in [0.717, 1.165) is 0 Å². The van der Waals surface area contributed by atoms with Crippen molar-refractivity contribution in [3.63, 3.8) is 0 Å². The number of nitrogens with zero attached hydrogens (tertiary/aromatic N) is 2. The summed E-state index contributed by atoms with van der Waals surface area (Å²) in [6.45, 7) is 7.39. The van der Waals surface area contributed by atoms with Gasteiger partial charge in [-0.2, -0.15) is 0 Å². The molecule has 2 heterocycles. The van der Waals surface area contributed by atoms with Crippen LogP contribution in [0.25, 0.3) is 0 Å². The van der Waals surface area contributed by atoms with Crippen molar-refractivity contribution in [1.82, 2.24) is 15.2 Å². The van der Waals surface area contributed by atoms with Crippen LogP contribution in [-0.2, 0) is 4.79 Å². The van der Waals surface area contributed by atoms with E-state index >= 15 is 0 Å². The van der Waals surface area contributed by atoms with Crippen molar-refractivity contribution in [1.29, 1.82) is 0 Å². The molecule has 3 amide bonds. The number of likely N-dealkylation sites (tertiary alicyclic amines) is 1. The Morgan fingerprint density at radius 1 is 1.22 bits per heavy atom. The molecule has 0 unspecified atom stereocenters. The second kappa shape index (κ2) is 7.94. The van der Waals surface area contributed by atoms with Crippen LogP contribution in [-0.4, -0.2) is 41.0 Å². The summed E-state index contributed by atoms with van der Waals surface area (Å²) in [5, 5.41) is 5.84. The van der Waals surface area contributed by atoms with E-state index in [1.807, 2.05) is 13.0 Å². The average Bonchev–Trinajstić information content (AvgIpc) is 2.55. The fraction of sp³-hybridized carbons (Fsp3) is 0.588. The lowest BCUT2D eigenvalue weighted by atomic mass is 9.95. The first-order chi connectivity index (χ1) is 11.0. The average molecular weight is 318 g/mol. The number of amides is 3. The predicted molar refractivity (Wildman–Crippen MR) is 90.0 cm³/mol. The maximum Gasteiger partial charge on any atom is 0.323 e. The Labute approximate surface area is 137 Å². The highest BCUT2D eigenvalue weighted by Crippen LogP contribution is 2.19. The standard InChI is InChI=1S/C17H26N4O2/c1-12(2)13(3)19-16(22)14-7-10-21(11-8-14)17(23)20-15-6-4-5-9-18-15/h4-6,9,12-14H,7-8,10-11H2,1-3H3,(H,19,22)(H,18,20,23)/t13-/m0/s1. The molecule has 1 aliphatic heterocycles. The summed E-state index contributed by atoms with van der Waals surface area (Å²) in [5.74, 6) is 1.07. The minimum atomic E-state index is -0.155. The Kier molecular flexibility index (Phi) is 5.96. The van der Waals surface area contributed by atoms with Gasteiger partial charge in [0.1, 0.15) is 5.82 Å². The summed E-state index contributed by atoms with van der Waals surface area (Å²) >= 11 is 0. The second-order valence-corrected chi connectivity index (χ2v) is 6.45. The fourth-order valence-corrected chi connectivity index (χ4v) is 2.48. The van der Waals surface area contributed by atoms with Crippen LogP contribution in [0.3, 0.4) is 0 Å². The molecule has 1 atom stereocenters. The van der Waals surface area contributed by atoms with E-state index in [4.69, 9.17) is 0 Å². The molecule has 0 radical (unpaired) electrons. The third-order valence-electron chi connectivity index (χ3n) is 4.42. The largest absolute Gasteiger partial charge is 0.353 e. The molecular weight excluding hydrogens is 292 g/mol. The normalized spacial score (nSPS) is 17.0. The summed E-state index contributed by atoms with van der Waals surface area (Å²) in [4.78, 5) is 30.2. The highest BCUT2D eigenvalue weighted by molar-refractivity contribution is 5.88. The van der Waals surface area contributed by atoms with Crippen molar-refractivity contribution in [2.45, 2.75) is 39.7 Å². The number of hydrogen-bond acceptors (Lipinski definition) is 3. The zero-order valence-electron chi connectivity index (χ0n) is 14.1. The third kappa shape index (κ3) is 4.94. The summed E-state index contributed by atoms with van der Waals surface area (Å²) in [5.41, 5.74) is 0. The summed E-state index contributed by atoms with van der Waals surface area (Å²) < 4.78 is 0. The molecule has 1 aromatic heterocycles. The van der Waals surface area contributed by atoms with Crippen LogP contribution < -0.4 is 10.6 Å². The molecular formula is C17H26N4O2. The van der Waals surface area contributed by atoms with Crippen LogP contribution in [0.4, 0.5) is 10.6 Å². The van der Waals surface area contributed by atoms with E-state index in [0.29, 0.717) is 37.7 Å². The minimum Gasteiger partial charge on any atom is -0.353 e.